The number of aryl methyl sites for hydroxylation is 1. The summed E-state index contributed by atoms with van der Waals surface area (Å²) in [6, 6.07) is 15.1. The van der Waals surface area contributed by atoms with E-state index in [9.17, 15) is 9.90 Å². The Morgan fingerprint density at radius 3 is 2.68 bits per heavy atom. The highest BCUT2D eigenvalue weighted by Gasteiger charge is 2.40. The van der Waals surface area contributed by atoms with Gasteiger partial charge < -0.3 is 19.9 Å². The summed E-state index contributed by atoms with van der Waals surface area (Å²) in [5, 5.41) is 13.6. The van der Waals surface area contributed by atoms with Crippen LogP contribution in [0.2, 0.25) is 0 Å². The SMILES string of the molecule is CCCN1C(=S)N[C@@H](c2ccccn2)[C@H]1c1cc(C)n(-c2cccc(C(=O)O)c2)c1C. The molecule has 0 aliphatic carbocycles. The third-order valence-electron chi connectivity index (χ3n) is 5.80. The number of carboxylic acids is 1. The van der Waals surface area contributed by atoms with E-state index in [1.165, 1.54) is 0 Å². The minimum absolute atomic E-state index is 0.00459. The molecule has 1 aliphatic rings. The van der Waals surface area contributed by atoms with Crippen LogP contribution in [-0.2, 0) is 0 Å². The molecular formula is C24H26N4O2S. The molecule has 3 aromatic rings. The van der Waals surface area contributed by atoms with Crippen LogP contribution in [0.1, 0.15) is 58.4 Å². The first-order valence-corrected chi connectivity index (χ1v) is 10.8. The van der Waals surface area contributed by atoms with E-state index in [2.05, 4.69) is 39.7 Å². The van der Waals surface area contributed by atoms with Gasteiger partial charge in [-0.05, 0) is 74.4 Å². The Labute approximate surface area is 187 Å². The molecule has 1 saturated heterocycles. The maximum Gasteiger partial charge on any atom is 0.335 e. The van der Waals surface area contributed by atoms with E-state index in [1.54, 1.807) is 24.4 Å². The van der Waals surface area contributed by atoms with Crippen LogP contribution < -0.4 is 5.32 Å². The first-order valence-electron chi connectivity index (χ1n) is 10.4. The first-order chi connectivity index (χ1) is 14.9. The highest BCUT2D eigenvalue weighted by Crippen LogP contribution is 2.41. The number of nitrogens with zero attached hydrogens (tertiary/aromatic N) is 3. The van der Waals surface area contributed by atoms with Gasteiger partial charge in [0.25, 0.3) is 0 Å². The molecule has 0 amide bonds. The predicted octanol–water partition coefficient (Wildman–Crippen LogP) is 4.57. The number of pyridine rings is 1. The lowest BCUT2D eigenvalue weighted by atomic mass is 9.96. The van der Waals surface area contributed by atoms with Crippen LogP contribution in [0.4, 0.5) is 0 Å². The Kier molecular flexibility index (Phi) is 5.78. The molecule has 2 atom stereocenters. The third-order valence-corrected chi connectivity index (χ3v) is 6.15. The number of hydrogen-bond acceptors (Lipinski definition) is 3. The third kappa shape index (κ3) is 3.81. The summed E-state index contributed by atoms with van der Waals surface area (Å²) < 4.78 is 2.11. The van der Waals surface area contributed by atoms with Crippen LogP contribution in [0.3, 0.4) is 0 Å². The number of thiocarbonyl (C=S) groups is 1. The molecule has 4 rings (SSSR count). The minimum Gasteiger partial charge on any atom is -0.478 e. The monoisotopic (exact) mass is 434 g/mol. The molecule has 0 radical (unpaired) electrons. The van der Waals surface area contributed by atoms with Gasteiger partial charge in [0.05, 0.1) is 23.3 Å². The maximum atomic E-state index is 11.5. The zero-order valence-corrected chi connectivity index (χ0v) is 18.7. The molecule has 6 nitrogen and oxygen atoms in total. The molecule has 1 fully saturated rings. The van der Waals surface area contributed by atoms with E-state index in [1.807, 2.05) is 31.2 Å². The van der Waals surface area contributed by atoms with Crippen molar-refractivity contribution >= 4 is 23.3 Å². The lowest BCUT2D eigenvalue weighted by Gasteiger charge is -2.27. The standard InChI is InChI=1S/C24H26N4O2S/c1-4-12-27-22(21(26-24(27)31)20-10-5-6-11-25-20)19-13-15(2)28(16(19)3)18-9-7-8-17(14-18)23(29)30/h5-11,13-14,21-22H,4,12H2,1-3H3,(H,26,31)(H,29,30)/t21-,22+/m0/s1. The average Bonchev–Trinajstić information content (AvgIpc) is 3.24. The Hall–Kier alpha value is -3.19. The summed E-state index contributed by atoms with van der Waals surface area (Å²) in [5.41, 5.74) is 5.34. The van der Waals surface area contributed by atoms with E-state index < -0.39 is 5.97 Å². The fourth-order valence-corrected chi connectivity index (χ4v) is 4.82. The predicted molar refractivity (Wildman–Crippen MR) is 125 cm³/mol. The van der Waals surface area contributed by atoms with Crippen LogP contribution in [0.25, 0.3) is 5.69 Å². The molecule has 31 heavy (non-hydrogen) atoms. The van der Waals surface area contributed by atoms with Crippen LogP contribution in [0.5, 0.6) is 0 Å². The van der Waals surface area contributed by atoms with Crippen molar-refractivity contribution in [3.8, 4) is 5.69 Å². The van der Waals surface area contributed by atoms with Gasteiger partial charge in [0.1, 0.15) is 0 Å². The number of carbonyl (C=O) groups is 1. The summed E-state index contributed by atoms with van der Waals surface area (Å²) in [6.45, 7) is 7.12. The van der Waals surface area contributed by atoms with E-state index in [4.69, 9.17) is 12.2 Å². The second kappa shape index (κ2) is 8.51. The number of aromatic carboxylic acids is 1. The van der Waals surface area contributed by atoms with Gasteiger partial charge in [-0.3, -0.25) is 4.98 Å². The van der Waals surface area contributed by atoms with Gasteiger partial charge in [-0.15, -0.1) is 0 Å². The smallest absolute Gasteiger partial charge is 0.335 e. The number of rotatable bonds is 6. The quantitative estimate of drug-likeness (QED) is 0.554. The molecular weight excluding hydrogens is 408 g/mol. The number of aromatic nitrogens is 2. The summed E-state index contributed by atoms with van der Waals surface area (Å²) in [6.07, 6.45) is 2.78. The Morgan fingerprint density at radius 2 is 2.00 bits per heavy atom. The lowest BCUT2D eigenvalue weighted by Crippen LogP contribution is -2.30. The fraction of sp³-hybridized carbons (Fsp3) is 0.292. The van der Waals surface area contributed by atoms with E-state index in [0.29, 0.717) is 0 Å². The number of nitrogens with one attached hydrogen (secondary N) is 1. The molecule has 2 N–H and O–H groups in total. The molecule has 0 saturated carbocycles. The normalized spacial score (nSPS) is 18.3. The van der Waals surface area contributed by atoms with Gasteiger partial charge in [-0.2, -0.15) is 0 Å². The second-order valence-electron chi connectivity index (χ2n) is 7.84. The van der Waals surface area contributed by atoms with Gasteiger partial charge in [-0.1, -0.05) is 19.1 Å². The number of benzene rings is 1. The zero-order valence-electron chi connectivity index (χ0n) is 17.9. The number of carboxylic acid groups (broad SMARTS) is 1. The molecule has 160 valence electrons. The molecule has 0 unspecified atom stereocenters. The van der Waals surface area contributed by atoms with Gasteiger partial charge in [0.2, 0.25) is 0 Å². The van der Waals surface area contributed by atoms with Gasteiger partial charge in [-0.25, -0.2) is 4.79 Å². The topological polar surface area (TPSA) is 70.4 Å². The molecule has 3 heterocycles. The number of hydrogen-bond donors (Lipinski definition) is 2. The van der Waals surface area contributed by atoms with E-state index in [0.717, 1.165) is 46.4 Å². The molecule has 0 spiro atoms. The van der Waals surface area contributed by atoms with Gasteiger partial charge >= 0.3 is 5.97 Å². The van der Waals surface area contributed by atoms with Crippen molar-refractivity contribution in [3.63, 3.8) is 0 Å². The summed E-state index contributed by atoms with van der Waals surface area (Å²) in [4.78, 5) is 18.3. The molecule has 7 heteroatoms. The van der Waals surface area contributed by atoms with Crippen LogP contribution in [0, 0.1) is 13.8 Å². The van der Waals surface area contributed by atoms with E-state index >= 15 is 0 Å². The Morgan fingerprint density at radius 1 is 1.19 bits per heavy atom. The average molecular weight is 435 g/mol. The summed E-state index contributed by atoms with van der Waals surface area (Å²) in [7, 11) is 0. The maximum absolute atomic E-state index is 11.5. The van der Waals surface area contributed by atoms with Crippen LogP contribution >= 0.6 is 12.2 Å². The lowest BCUT2D eigenvalue weighted by molar-refractivity contribution is 0.0697. The highest BCUT2D eigenvalue weighted by atomic mass is 32.1. The summed E-state index contributed by atoms with van der Waals surface area (Å²) in [5.74, 6) is -0.931. The fourth-order valence-electron chi connectivity index (χ4n) is 4.49. The van der Waals surface area contributed by atoms with Crippen molar-refractivity contribution in [1.82, 2.24) is 19.8 Å². The Bertz CT molecular complexity index is 1130. The largest absolute Gasteiger partial charge is 0.478 e. The Balaban J connectivity index is 1.83. The van der Waals surface area contributed by atoms with Crippen molar-refractivity contribution in [3.05, 3.63) is 82.9 Å². The zero-order chi connectivity index (χ0) is 22.1. The molecule has 1 aliphatic heterocycles. The van der Waals surface area contributed by atoms with Crippen LogP contribution in [0.15, 0.2) is 54.7 Å². The van der Waals surface area contributed by atoms with Crippen molar-refractivity contribution in [2.45, 2.75) is 39.3 Å². The highest BCUT2D eigenvalue weighted by molar-refractivity contribution is 7.80. The van der Waals surface area contributed by atoms with Crippen molar-refractivity contribution in [1.29, 1.82) is 0 Å². The van der Waals surface area contributed by atoms with Crippen molar-refractivity contribution in [2.75, 3.05) is 6.54 Å². The first kappa shape index (κ1) is 21.1. The van der Waals surface area contributed by atoms with Gasteiger partial charge in [0.15, 0.2) is 5.11 Å². The van der Waals surface area contributed by atoms with Gasteiger partial charge in [0, 0.05) is 29.8 Å². The molecule has 1 aromatic carbocycles. The second-order valence-corrected chi connectivity index (χ2v) is 8.22. The van der Waals surface area contributed by atoms with E-state index in [-0.39, 0.29) is 17.6 Å². The molecule has 2 aromatic heterocycles. The van der Waals surface area contributed by atoms with Crippen molar-refractivity contribution in [2.24, 2.45) is 0 Å². The summed E-state index contributed by atoms with van der Waals surface area (Å²) >= 11 is 5.70. The van der Waals surface area contributed by atoms with Crippen molar-refractivity contribution < 1.29 is 9.90 Å². The minimum atomic E-state index is -0.931. The van der Waals surface area contributed by atoms with Crippen LogP contribution in [-0.4, -0.2) is 37.2 Å². The molecule has 0 bridgehead atoms.